The highest BCUT2D eigenvalue weighted by molar-refractivity contribution is 5.56. The molecule has 5 heteroatoms. The Bertz CT molecular complexity index is 539. The van der Waals surface area contributed by atoms with Crippen LogP contribution in [0.1, 0.15) is 32.2 Å². The SMILES string of the molecule is CC[C@@H](C)[C@H](N)c1nc(-c2cccc(OC)c2)no1. The van der Waals surface area contributed by atoms with Crippen LogP contribution in [-0.4, -0.2) is 17.3 Å². The molecule has 5 nitrogen and oxygen atoms in total. The minimum absolute atomic E-state index is 0.225. The quantitative estimate of drug-likeness (QED) is 0.895. The number of ether oxygens (including phenoxy) is 1. The molecule has 0 amide bonds. The zero-order valence-corrected chi connectivity index (χ0v) is 11.5. The van der Waals surface area contributed by atoms with E-state index in [4.69, 9.17) is 15.0 Å². The number of nitrogens with two attached hydrogens (primary N) is 1. The Morgan fingerprint density at radius 3 is 2.89 bits per heavy atom. The van der Waals surface area contributed by atoms with Gasteiger partial charge in [-0.05, 0) is 18.1 Å². The van der Waals surface area contributed by atoms with Crippen LogP contribution in [0, 0.1) is 5.92 Å². The van der Waals surface area contributed by atoms with E-state index in [0.717, 1.165) is 17.7 Å². The molecule has 0 aliphatic heterocycles. The lowest BCUT2D eigenvalue weighted by Gasteiger charge is -2.12. The second kappa shape index (κ2) is 5.84. The molecule has 102 valence electrons. The molecule has 0 unspecified atom stereocenters. The minimum Gasteiger partial charge on any atom is -0.497 e. The van der Waals surface area contributed by atoms with Gasteiger partial charge in [0, 0.05) is 5.56 Å². The lowest BCUT2D eigenvalue weighted by Crippen LogP contribution is -2.18. The molecule has 0 aliphatic rings. The highest BCUT2D eigenvalue weighted by Gasteiger charge is 2.20. The maximum Gasteiger partial charge on any atom is 0.244 e. The Morgan fingerprint density at radius 2 is 2.21 bits per heavy atom. The summed E-state index contributed by atoms with van der Waals surface area (Å²) in [5.41, 5.74) is 6.93. The van der Waals surface area contributed by atoms with Gasteiger partial charge in [-0.15, -0.1) is 0 Å². The molecule has 1 aromatic carbocycles. The molecule has 0 radical (unpaired) electrons. The third kappa shape index (κ3) is 2.93. The van der Waals surface area contributed by atoms with Crippen LogP contribution in [0.25, 0.3) is 11.4 Å². The van der Waals surface area contributed by atoms with Gasteiger partial charge in [0.1, 0.15) is 5.75 Å². The second-order valence-corrected chi connectivity index (χ2v) is 4.60. The Morgan fingerprint density at radius 1 is 1.42 bits per heavy atom. The first-order chi connectivity index (χ1) is 9.15. The van der Waals surface area contributed by atoms with Crippen LogP contribution >= 0.6 is 0 Å². The first kappa shape index (κ1) is 13.5. The van der Waals surface area contributed by atoms with E-state index in [1.54, 1.807) is 7.11 Å². The van der Waals surface area contributed by atoms with Gasteiger partial charge in [-0.3, -0.25) is 0 Å². The van der Waals surface area contributed by atoms with Crippen molar-refractivity contribution in [1.82, 2.24) is 10.1 Å². The Labute approximate surface area is 112 Å². The van der Waals surface area contributed by atoms with Gasteiger partial charge in [-0.2, -0.15) is 4.98 Å². The van der Waals surface area contributed by atoms with Gasteiger partial charge in [0.25, 0.3) is 0 Å². The second-order valence-electron chi connectivity index (χ2n) is 4.60. The monoisotopic (exact) mass is 261 g/mol. The van der Waals surface area contributed by atoms with Crippen LogP contribution in [0.15, 0.2) is 28.8 Å². The highest BCUT2D eigenvalue weighted by atomic mass is 16.5. The standard InChI is InChI=1S/C14H19N3O2/c1-4-9(2)12(15)14-16-13(17-19-14)10-6-5-7-11(8-10)18-3/h5-9,12H,4,15H2,1-3H3/t9-,12+/m1/s1. The Balaban J connectivity index is 2.25. The highest BCUT2D eigenvalue weighted by Crippen LogP contribution is 2.25. The van der Waals surface area contributed by atoms with Crippen molar-refractivity contribution >= 4 is 0 Å². The van der Waals surface area contributed by atoms with Gasteiger partial charge in [0.15, 0.2) is 0 Å². The summed E-state index contributed by atoms with van der Waals surface area (Å²) in [5, 5.41) is 3.98. The average molecular weight is 261 g/mol. The molecule has 2 N–H and O–H groups in total. The van der Waals surface area contributed by atoms with E-state index in [1.807, 2.05) is 24.3 Å². The zero-order valence-electron chi connectivity index (χ0n) is 11.5. The minimum atomic E-state index is -0.225. The fourth-order valence-electron chi connectivity index (χ4n) is 1.75. The van der Waals surface area contributed by atoms with E-state index in [9.17, 15) is 0 Å². The van der Waals surface area contributed by atoms with Crippen molar-refractivity contribution in [2.45, 2.75) is 26.3 Å². The predicted octanol–water partition coefficient (Wildman–Crippen LogP) is 2.79. The first-order valence-electron chi connectivity index (χ1n) is 6.39. The van der Waals surface area contributed by atoms with E-state index >= 15 is 0 Å². The molecular formula is C14H19N3O2. The van der Waals surface area contributed by atoms with Crippen molar-refractivity contribution in [3.63, 3.8) is 0 Å². The summed E-state index contributed by atoms with van der Waals surface area (Å²) in [6, 6.07) is 7.31. The van der Waals surface area contributed by atoms with Crippen molar-refractivity contribution < 1.29 is 9.26 Å². The number of methoxy groups -OCH3 is 1. The van der Waals surface area contributed by atoms with Crippen molar-refractivity contribution in [2.75, 3.05) is 7.11 Å². The molecular weight excluding hydrogens is 242 g/mol. The summed E-state index contributed by atoms with van der Waals surface area (Å²) in [6.07, 6.45) is 0.970. The number of nitrogens with zero attached hydrogens (tertiary/aromatic N) is 2. The molecule has 1 aromatic heterocycles. The smallest absolute Gasteiger partial charge is 0.244 e. The molecule has 0 aliphatic carbocycles. The Kier molecular flexibility index (Phi) is 4.16. The van der Waals surface area contributed by atoms with Crippen LogP contribution in [-0.2, 0) is 0 Å². The summed E-state index contributed by atoms with van der Waals surface area (Å²) < 4.78 is 10.4. The predicted molar refractivity (Wildman–Crippen MR) is 72.7 cm³/mol. The van der Waals surface area contributed by atoms with Gasteiger partial charge in [0.05, 0.1) is 13.2 Å². The lowest BCUT2D eigenvalue weighted by atomic mass is 10.0. The summed E-state index contributed by atoms with van der Waals surface area (Å²) in [5.74, 6) is 2.08. The van der Waals surface area contributed by atoms with E-state index in [0.29, 0.717) is 17.6 Å². The Hall–Kier alpha value is -1.88. The van der Waals surface area contributed by atoms with Gasteiger partial charge in [-0.1, -0.05) is 37.6 Å². The van der Waals surface area contributed by atoms with Crippen molar-refractivity contribution in [1.29, 1.82) is 0 Å². The largest absolute Gasteiger partial charge is 0.497 e. The number of hydrogen-bond acceptors (Lipinski definition) is 5. The van der Waals surface area contributed by atoms with E-state index in [1.165, 1.54) is 0 Å². The van der Waals surface area contributed by atoms with Crippen LogP contribution in [0.3, 0.4) is 0 Å². The molecule has 1 heterocycles. The molecule has 19 heavy (non-hydrogen) atoms. The molecule has 2 rings (SSSR count). The van der Waals surface area contributed by atoms with E-state index in [-0.39, 0.29) is 6.04 Å². The maximum atomic E-state index is 6.08. The van der Waals surface area contributed by atoms with Crippen molar-refractivity contribution in [3.05, 3.63) is 30.2 Å². The number of rotatable bonds is 5. The fourth-order valence-corrected chi connectivity index (χ4v) is 1.75. The van der Waals surface area contributed by atoms with Crippen LogP contribution in [0.4, 0.5) is 0 Å². The van der Waals surface area contributed by atoms with E-state index < -0.39 is 0 Å². The molecule has 2 aromatic rings. The third-order valence-corrected chi connectivity index (χ3v) is 3.31. The molecule has 0 saturated carbocycles. The summed E-state index contributed by atoms with van der Waals surface area (Å²) >= 11 is 0. The van der Waals surface area contributed by atoms with Crippen LogP contribution < -0.4 is 10.5 Å². The maximum absolute atomic E-state index is 6.08. The van der Waals surface area contributed by atoms with Gasteiger partial charge < -0.3 is 15.0 Å². The summed E-state index contributed by atoms with van der Waals surface area (Å²) in [6.45, 7) is 4.16. The molecule has 2 atom stereocenters. The van der Waals surface area contributed by atoms with Crippen molar-refractivity contribution in [2.24, 2.45) is 11.7 Å². The van der Waals surface area contributed by atoms with Crippen LogP contribution in [0.5, 0.6) is 5.75 Å². The van der Waals surface area contributed by atoms with Gasteiger partial charge in [-0.25, -0.2) is 0 Å². The average Bonchev–Trinajstić information content (AvgIpc) is 2.95. The zero-order chi connectivity index (χ0) is 13.8. The summed E-state index contributed by atoms with van der Waals surface area (Å²) in [4.78, 5) is 4.37. The molecule has 0 fully saturated rings. The van der Waals surface area contributed by atoms with Gasteiger partial charge >= 0.3 is 0 Å². The number of benzene rings is 1. The third-order valence-electron chi connectivity index (χ3n) is 3.31. The molecule has 0 saturated heterocycles. The molecule has 0 spiro atoms. The summed E-state index contributed by atoms with van der Waals surface area (Å²) in [7, 11) is 1.62. The van der Waals surface area contributed by atoms with Crippen molar-refractivity contribution in [3.8, 4) is 17.1 Å². The van der Waals surface area contributed by atoms with Gasteiger partial charge in [0.2, 0.25) is 11.7 Å². The normalized spacial score (nSPS) is 14.1. The topological polar surface area (TPSA) is 74.2 Å². The fraction of sp³-hybridized carbons (Fsp3) is 0.429. The molecule has 0 bridgehead atoms. The lowest BCUT2D eigenvalue weighted by molar-refractivity contribution is 0.312. The van der Waals surface area contributed by atoms with E-state index in [2.05, 4.69) is 24.0 Å². The van der Waals surface area contributed by atoms with Crippen LogP contribution in [0.2, 0.25) is 0 Å². The first-order valence-corrected chi connectivity index (χ1v) is 6.39. The number of aromatic nitrogens is 2. The number of hydrogen-bond donors (Lipinski definition) is 1.